The molecule has 0 fully saturated rings. The Hall–Kier alpha value is -3.09. The molecule has 2 N–H and O–H groups in total. The van der Waals surface area contributed by atoms with E-state index in [4.69, 9.17) is 4.74 Å². The second-order valence-electron chi connectivity index (χ2n) is 5.99. The van der Waals surface area contributed by atoms with Crippen molar-refractivity contribution < 1.29 is 9.66 Å². The summed E-state index contributed by atoms with van der Waals surface area (Å²) in [5.74, 6) is 1.62. The summed E-state index contributed by atoms with van der Waals surface area (Å²) in [6.07, 6.45) is 0.860. The molecule has 1 atom stereocenters. The summed E-state index contributed by atoms with van der Waals surface area (Å²) in [7, 11) is 0. The number of para-hydroxylation sites is 1. The molecule has 7 nitrogen and oxygen atoms in total. The van der Waals surface area contributed by atoms with Crippen molar-refractivity contribution in [1.82, 2.24) is 10.6 Å². The topological polar surface area (TPSA) is 88.8 Å². The summed E-state index contributed by atoms with van der Waals surface area (Å²) in [6, 6.07) is 14.6. The number of fused-ring (bicyclic) bond motifs is 1. The molecule has 1 heterocycles. The van der Waals surface area contributed by atoms with E-state index in [1.165, 1.54) is 12.1 Å². The van der Waals surface area contributed by atoms with Gasteiger partial charge >= 0.3 is 0 Å². The molecule has 1 aliphatic heterocycles. The number of guanidine groups is 1. The van der Waals surface area contributed by atoms with E-state index in [0.717, 1.165) is 29.8 Å². The molecule has 0 bridgehead atoms. The molecule has 136 valence electrons. The zero-order chi connectivity index (χ0) is 18.4. The molecule has 2 aromatic rings. The van der Waals surface area contributed by atoms with Gasteiger partial charge in [-0.05, 0) is 18.6 Å². The van der Waals surface area contributed by atoms with E-state index >= 15 is 0 Å². The van der Waals surface area contributed by atoms with Gasteiger partial charge in [-0.2, -0.15) is 0 Å². The van der Waals surface area contributed by atoms with Gasteiger partial charge in [0, 0.05) is 30.7 Å². The number of nitro benzene ring substituents is 1. The van der Waals surface area contributed by atoms with Crippen molar-refractivity contribution in [3.8, 4) is 5.75 Å². The quantitative estimate of drug-likeness (QED) is 0.373. The van der Waals surface area contributed by atoms with Gasteiger partial charge in [0.2, 0.25) is 0 Å². The van der Waals surface area contributed by atoms with Crippen molar-refractivity contribution in [3.63, 3.8) is 0 Å². The van der Waals surface area contributed by atoms with E-state index in [-0.39, 0.29) is 11.7 Å². The molecular weight excluding hydrogens is 332 g/mol. The predicted octanol–water partition coefficient (Wildman–Crippen LogP) is 3.17. The van der Waals surface area contributed by atoms with Gasteiger partial charge in [-0.3, -0.25) is 10.1 Å². The zero-order valence-corrected chi connectivity index (χ0v) is 14.6. The largest absolute Gasteiger partial charge is 0.493 e. The number of non-ortho nitro benzene ring substituents is 1. The Kier molecular flexibility index (Phi) is 5.68. The van der Waals surface area contributed by atoms with Gasteiger partial charge in [-0.25, -0.2) is 4.99 Å². The van der Waals surface area contributed by atoms with Crippen LogP contribution >= 0.6 is 0 Å². The van der Waals surface area contributed by atoms with Crippen LogP contribution in [0.4, 0.5) is 5.69 Å². The van der Waals surface area contributed by atoms with E-state index in [0.29, 0.717) is 19.1 Å². The van der Waals surface area contributed by atoms with Crippen molar-refractivity contribution >= 4 is 11.6 Å². The molecule has 1 unspecified atom stereocenters. The van der Waals surface area contributed by atoms with Gasteiger partial charge in [0.1, 0.15) is 5.75 Å². The first-order valence-electron chi connectivity index (χ1n) is 8.67. The average molecular weight is 354 g/mol. The lowest BCUT2D eigenvalue weighted by atomic mass is 10.0. The standard InChI is InChI=1S/C19H22N4O3/c1-2-20-19(21-13-14-7-9-15(10-8-14)23(24)25)22-17-11-12-26-18-6-4-3-5-16(17)18/h3-10,17H,2,11-13H2,1H3,(H2,20,21,22). The molecule has 0 spiro atoms. The first-order valence-corrected chi connectivity index (χ1v) is 8.67. The molecule has 3 rings (SSSR count). The molecular formula is C19H22N4O3. The third-order valence-electron chi connectivity index (χ3n) is 4.18. The van der Waals surface area contributed by atoms with Crippen LogP contribution in [0, 0.1) is 10.1 Å². The Morgan fingerprint density at radius 3 is 2.77 bits per heavy atom. The molecule has 0 amide bonds. The van der Waals surface area contributed by atoms with E-state index in [9.17, 15) is 10.1 Å². The zero-order valence-electron chi connectivity index (χ0n) is 14.6. The highest BCUT2D eigenvalue weighted by Gasteiger charge is 2.21. The number of hydrogen-bond acceptors (Lipinski definition) is 4. The predicted molar refractivity (Wildman–Crippen MR) is 100 cm³/mol. The maximum Gasteiger partial charge on any atom is 0.269 e. The first kappa shape index (κ1) is 17.7. The highest BCUT2D eigenvalue weighted by Crippen LogP contribution is 2.31. The van der Waals surface area contributed by atoms with Gasteiger partial charge in [-0.1, -0.05) is 30.3 Å². The maximum absolute atomic E-state index is 10.7. The van der Waals surface area contributed by atoms with Crippen LogP contribution < -0.4 is 15.4 Å². The summed E-state index contributed by atoms with van der Waals surface area (Å²) in [6.45, 7) is 3.87. The van der Waals surface area contributed by atoms with Crippen molar-refractivity contribution in [1.29, 1.82) is 0 Å². The number of benzene rings is 2. The van der Waals surface area contributed by atoms with Crippen LogP contribution in [0.15, 0.2) is 53.5 Å². The summed E-state index contributed by atoms with van der Waals surface area (Å²) in [5, 5.41) is 17.4. The summed E-state index contributed by atoms with van der Waals surface area (Å²) in [4.78, 5) is 14.9. The Morgan fingerprint density at radius 1 is 1.27 bits per heavy atom. The fourth-order valence-electron chi connectivity index (χ4n) is 2.87. The normalized spacial score (nSPS) is 16.3. The van der Waals surface area contributed by atoms with Crippen LogP contribution in [0.3, 0.4) is 0 Å². The number of nitro groups is 1. The van der Waals surface area contributed by atoms with E-state index in [1.54, 1.807) is 12.1 Å². The second-order valence-corrected chi connectivity index (χ2v) is 5.99. The Morgan fingerprint density at radius 2 is 2.04 bits per heavy atom. The minimum Gasteiger partial charge on any atom is -0.493 e. The minimum absolute atomic E-state index is 0.0848. The summed E-state index contributed by atoms with van der Waals surface area (Å²) < 4.78 is 5.70. The Bertz CT molecular complexity index is 790. The van der Waals surface area contributed by atoms with E-state index < -0.39 is 4.92 Å². The first-order chi connectivity index (χ1) is 12.7. The number of hydrogen-bond donors (Lipinski definition) is 2. The summed E-state index contributed by atoms with van der Waals surface area (Å²) >= 11 is 0. The smallest absolute Gasteiger partial charge is 0.269 e. The van der Waals surface area contributed by atoms with Crippen LogP contribution in [0.1, 0.15) is 30.5 Å². The number of aliphatic imine (C=N–C) groups is 1. The van der Waals surface area contributed by atoms with Gasteiger partial charge in [0.15, 0.2) is 5.96 Å². The number of rotatable bonds is 5. The van der Waals surface area contributed by atoms with Gasteiger partial charge in [-0.15, -0.1) is 0 Å². The molecule has 0 saturated heterocycles. The van der Waals surface area contributed by atoms with Crippen LogP contribution in [0.2, 0.25) is 0 Å². The highest BCUT2D eigenvalue weighted by molar-refractivity contribution is 5.80. The average Bonchev–Trinajstić information content (AvgIpc) is 2.67. The summed E-state index contributed by atoms with van der Waals surface area (Å²) in [5.41, 5.74) is 2.13. The number of nitrogens with zero attached hydrogens (tertiary/aromatic N) is 2. The van der Waals surface area contributed by atoms with E-state index in [1.807, 2.05) is 25.1 Å². The van der Waals surface area contributed by atoms with Crippen LogP contribution in [0.5, 0.6) is 5.75 Å². The highest BCUT2D eigenvalue weighted by atomic mass is 16.6. The van der Waals surface area contributed by atoms with Crippen molar-refractivity contribution in [2.24, 2.45) is 4.99 Å². The molecule has 0 aromatic heterocycles. The molecule has 1 aliphatic rings. The Labute approximate surface area is 152 Å². The molecule has 0 aliphatic carbocycles. The molecule has 0 radical (unpaired) electrons. The van der Waals surface area contributed by atoms with Gasteiger partial charge in [0.05, 0.1) is 24.1 Å². The van der Waals surface area contributed by atoms with Crippen LogP contribution in [0.25, 0.3) is 0 Å². The minimum atomic E-state index is -0.402. The Balaban J connectivity index is 1.71. The molecule has 7 heteroatoms. The lowest BCUT2D eigenvalue weighted by molar-refractivity contribution is -0.384. The van der Waals surface area contributed by atoms with Crippen molar-refractivity contribution in [3.05, 3.63) is 69.8 Å². The molecule has 0 saturated carbocycles. The fraction of sp³-hybridized carbons (Fsp3) is 0.316. The third-order valence-corrected chi connectivity index (χ3v) is 4.18. The van der Waals surface area contributed by atoms with Gasteiger partial charge < -0.3 is 15.4 Å². The van der Waals surface area contributed by atoms with Crippen molar-refractivity contribution in [2.45, 2.75) is 25.9 Å². The number of nitrogens with one attached hydrogen (secondary N) is 2. The van der Waals surface area contributed by atoms with E-state index in [2.05, 4.69) is 21.7 Å². The molecule has 26 heavy (non-hydrogen) atoms. The van der Waals surface area contributed by atoms with Crippen molar-refractivity contribution in [2.75, 3.05) is 13.2 Å². The van der Waals surface area contributed by atoms with Gasteiger partial charge in [0.25, 0.3) is 5.69 Å². The van der Waals surface area contributed by atoms with Crippen LogP contribution in [-0.2, 0) is 6.54 Å². The second kappa shape index (κ2) is 8.33. The SMILES string of the molecule is CCNC(=NCc1ccc([N+](=O)[O-])cc1)NC1CCOc2ccccc21. The van der Waals surface area contributed by atoms with Crippen LogP contribution in [-0.4, -0.2) is 24.0 Å². The lowest BCUT2D eigenvalue weighted by Gasteiger charge is -2.28. The maximum atomic E-state index is 10.7. The fourth-order valence-corrected chi connectivity index (χ4v) is 2.87. The lowest BCUT2D eigenvalue weighted by Crippen LogP contribution is -2.41. The number of ether oxygens (including phenoxy) is 1. The third kappa shape index (κ3) is 4.30. The molecule has 2 aromatic carbocycles. The monoisotopic (exact) mass is 354 g/mol.